The van der Waals surface area contributed by atoms with Crippen molar-refractivity contribution in [3.05, 3.63) is 23.9 Å². The number of ether oxygens (including phenoxy) is 1. The minimum atomic E-state index is 0.148. The van der Waals surface area contributed by atoms with Crippen molar-refractivity contribution in [2.75, 3.05) is 63.9 Å². The van der Waals surface area contributed by atoms with Crippen molar-refractivity contribution in [3.63, 3.8) is 0 Å². The molecule has 2 unspecified atom stereocenters. The molecule has 0 aromatic carbocycles. The lowest BCUT2D eigenvalue weighted by molar-refractivity contribution is -0.118. The van der Waals surface area contributed by atoms with Gasteiger partial charge in [0.05, 0.1) is 6.61 Å². The first kappa shape index (κ1) is 20.2. The Balaban J connectivity index is 1.49. The molecule has 0 N–H and O–H groups in total. The Labute approximate surface area is 163 Å². The molecule has 2 atom stereocenters. The van der Waals surface area contributed by atoms with Crippen LogP contribution in [0, 0.1) is 18.8 Å². The Morgan fingerprint density at radius 2 is 1.81 bits per heavy atom. The minimum Gasteiger partial charge on any atom is -0.380 e. The number of pyridine rings is 1. The second-order valence-corrected chi connectivity index (χ2v) is 7.77. The van der Waals surface area contributed by atoms with Crippen molar-refractivity contribution in [2.45, 2.75) is 27.2 Å². The maximum Gasteiger partial charge on any atom is 0.227 e. The van der Waals surface area contributed by atoms with E-state index in [-0.39, 0.29) is 5.91 Å². The molecule has 1 amide bonds. The summed E-state index contributed by atoms with van der Waals surface area (Å²) >= 11 is 0. The van der Waals surface area contributed by atoms with Crippen LogP contribution in [0.5, 0.6) is 0 Å². The number of aryl methyl sites for hydroxylation is 1. The summed E-state index contributed by atoms with van der Waals surface area (Å²) in [5.74, 6) is 2.45. The number of nitrogens with zero attached hydrogens (tertiary/aromatic N) is 4. The van der Waals surface area contributed by atoms with Crippen molar-refractivity contribution < 1.29 is 9.53 Å². The Morgan fingerprint density at radius 3 is 2.41 bits per heavy atom. The van der Waals surface area contributed by atoms with Crippen molar-refractivity contribution >= 4 is 11.7 Å². The topological polar surface area (TPSA) is 48.9 Å². The number of anilines is 1. The number of likely N-dealkylation sites (tertiary alicyclic amines) is 2. The smallest absolute Gasteiger partial charge is 0.227 e. The van der Waals surface area contributed by atoms with Crippen LogP contribution in [0.3, 0.4) is 0 Å². The fourth-order valence-electron chi connectivity index (χ4n) is 4.37. The molecule has 1 aromatic heterocycles. The second kappa shape index (κ2) is 9.62. The molecule has 6 nitrogen and oxygen atoms in total. The first-order chi connectivity index (χ1) is 13.1. The first-order valence-electron chi connectivity index (χ1n) is 10.4. The van der Waals surface area contributed by atoms with Gasteiger partial charge in [0.15, 0.2) is 0 Å². The Kier molecular flexibility index (Phi) is 7.21. The monoisotopic (exact) mass is 374 g/mol. The highest BCUT2D eigenvalue weighted by atomic mass is 16.5. The minimum absolute atomic E-state index is 0.148. The summed E-state index contributed by atoms with van der Waals surface area (Å²) in [5, 5.41) is 0. The Hall–Kier alpha value is -1.50. The van der Waals surface area contributed by atoms with Gasteiger partial charge in [0.2, 0.25) is 5.91 Å². The molecule has 150 valence electrons. The number of carbonyl (C=O) groups is 1. The van der Waals surface area contributed by atoms with E-state index in [9.17, 15) is 4.79 Å². The summed E-state index contributed by atoms with van der Waals surface area (Å²) in [6.07, 6.45) is 0.510. The molecule has 3 heterocycles. The summed E-state index contributed by atoms with van der Waals surface area (Å²) in [5.41, 5.74) is 0.948. The Bertz CT molecular complexity index is 610. The zero-order valence-corrected chi connectivity index (χ0v) is 17.1. The van der Waals surface area contributed by atoms with Crippen molar-refractivity contribution in [1.29, 1.82) is 0 Å². The molecule has 2 fully saturated rings. The Morgan fingerprint density at radius 1 is 1.15 bits per heavy atom. The van der Waals surface area contributed by atoms with Crippen molar-refractivity contribution in [3.8, 4) is 0 Å². The van der Waals surface area contributed by atoms with Gasteiger partial charge < -0.3 is 14.5 Å². The molecule has 0 saturated carbocycles. The van der Waals surface area contributed by atoms with E-state index in [1.807, 2.05) is 36.9 Å². The number of rotatable bonds is 9. The van der Waals surface area contributed by atoms with Gasteiger partial charge in [-0.25, -0.2) is 4.98 Å². The molecule has 2 aliphatic heterocycles. The maximum atomic E-state index is 12.4. The van der Waals surface area contributed by atoms with Crippen LogP contribution in [-0.2, 0) is 9.53 Å². The summed E-state index contributed by atoms with van der Waals surface area (Å²) < 4.78 is 5.49. The number of aromatic nitrogens is 1. The lowest BCUT2D eigenvalue weighted by Crippen LogP contribution is -2.39. The lowest BCUT2D eigenvalue weighted by atomic mass is 10.0. The molecular weight excluding hydrogens is 340 g/mol. The van der Waals surface area contributed by atoms with Crippen LogP contribution in [0.1, 0.15) is 26.0 Å². The van der Waals surface area contributed by atoms with Crippen LogP contribution in [0.2, 0.25) is 0 Å². The van der Waals surface area contributed by atoms with E-state index in [4.69, 9.17) is 4.74 Å². The predicted molar refractivity (Wildman–Crippen MR) is 108 cm³/mol. The van der Waals surface area contributed by atoms with E-state index < -0.39 is 0 Å². The molecule has 27 heavy (non-hydrogen) atoms. The highest BCUT2D eigenvalue weighted by Gasteiger charge is 2.39. The van der Waals surface area contributed by atoms with Crippen LogP contribution in [0.4, 0.5) is 5.82 Å². The van der Waals surface area contributed by atoms with Gasteiger partial charge in [0.1, 0.15) is 5.82 Å². The van der Waals surface area contributed by atoms with Gasteiger partial charge in [-0.15, -0.1) is 0 Å². The maximum absolute atomic E-state index is 12.4. The molecule has 3 rings (SSSR count). The lowest BCUT2D eigenvalue weighted by Gasteiger charge is -2.26. The van der Waals surface area contributed by atoms with E-state index in [1.54, 1.807) is 0 Å². The third kappa shape index (κ3) is 5.27. The largest absolute Gasteiger partial charge is 0.380 e. The van der Waals surface area contributed by atoms with Gasteiger partial charge in [-0.2, -0.15) is 0 Å². The summed E-state index contributed by atoms with van der Waals surface area (Å²) in [7, 11) is 0. The normalized spacial score (nSPS) is 22.9. The summed E-state index contributed by atoms with van der Waals surface area (Å²) in [6.45, 7) is 14.9. The molecule has 0 radical (unpaired) electrons. The molecule has 2 aliphatic rings. The van der Waals surface area contributed by atoms with E-state index in [1.165, 1.54) is 13.1 Å². The standard InChI is InChI=1S/C21H34N4O2/c1-4-21(26)25(20-8-6-7-17(3)22-20)10-9-23-13-18-15-24(11-12-27-5-2)16-19(18)14-23/h6-8,18-19H,4-5,9-16H2,1-3H3. The van der Waals surface area contributed by atoms with E-state index in [2.05, 4.69) is 21.7 Å². The summed E-state index contributed by atoms with van der Waals surface area (Å²) in [4.78, 5) is 23.9. The van der Waals surface area contributed by atoms with E-state index >= 15 is 0 Å². The SMILES string of the molecule is CCOCCN1CC2CN(CCN(C(=O)CC)c3cccc(C)n3)CC2C1. The van der Waals surface area contributed by atoms with Gasteiger partial charge in [0.25, 0.3) is 0 Å². The molecule has 1 aromatic rings. The quantitative estimate of drug-likeness (QED) is 0.619. The molecule has 2 saturated heterocycles. The number of hydrogen-bond donors (Lipinski definition) is 0. The van der Waals surface area contributed by atoms with E-state index in [0.717, 1.165) is 69.3 Å². The van der Waals surface area contributed by atoms with Gasteiger partial charge in [-0.3, -0.25) is 9.69 Å². The molecular formula is C21H34N4O2. The first-order valence-corrected chi connectivity index (χ1v) is 10.4. The number of fused-ring (bicyclic) bond motifs is 1. The van der Waals surface area contributed by atoms with Crippen LogP contribution < -0.4 is 4.90 Å². The van der Waals surface area contributed by atoms with Crippen LogP contribution in [-0.4, -0.2) is 79.7 Å². The molecule has 0 bridgehead atoms. The zero-order chi connectivity index (χ0) is 19.2. The van der Waals surface area contributed by atoms with Gasteiger partial charge in [-0.05, 0) is 37.8 Å². The average molecular weight is 375 g/mol. The molecule has 6 heteroatoms. The predicted octanol–water partition coefficient (Wildman–Crippen LogP) is 2.03. The van der Waals surface area contributed by atoms with Gasteiger partial charge in [0, 0.05) is 64.5 Å². The summed E-state index contributed by atoms with van der Waals surface area (Å²) in [6, 6.07) is 5.89. The third-order valence-corrected chi connectivity index (χ3v) is 5.79. The van der Waals surface area contributed by atoms with Crippen LogP contribution >= 0.6 is 0 Å². The van der Waals surface area contributed by atoms with Crippen LogP contribution in [0.25, 0.3) is 0 Å². The number of hydrogen-bond acceptors (Lipinski definition) is 5. The fraction of sp³-hybridized carbons (Fsp3) is 0.714. The van der Waals surface area contributed by atoms with Crippen LogP contribution in [0.15, 0.2) is 18.2 Å². The third-order valence-electron chi connectivity index (χ3n) is 5.79. The van der Waals surface area contributed by atoms with Crippen molar-refractivity contribution in [2.24, 2.45) is 11.8 Å². The average Bonchev–Trinajstić information content (AvgIpc) is 3.20. The molecule has 0 aliphatic carbocycles. The zero-order valence-electron chi connectivity index (χ0n) is 17.1. The second-order valence-electron chi connectivity index (χ2n) is 7.77. The van der Waals surface area contributed by atoms with Crippen molar-refractivity contribution in [1.82, 2.24) is 14.8 Å². The highest BCUT2D eigenvalue weighted by molar-refractivity contribution is 5.92. The molecule has 0 spiro atoms. The fourth-order valence-corrected chi connectivity index (χ4v) is 4.37. The van der Waals surface area contributed by atoms with E-state index in [0.29, 0.717) is 6.42 Å². The van der Waals surface area contributed by atoms with Gasteiger partial charge in [-0.1, -0.05) is 13.0 Å². The van der Waals surface area contributed by atoms with Gasteiger partial charge >= 0.3 is 0 Å². The highest BCUT2D eigenvalue weighted by Crippen LogP contribution is 2.30. The number of amides is 1. The number of carbonyl (C=O) groups excluding carboxylic acids is 1.